The molecule has 8 heteroatoms. The van der Waals surface area contributed by atoms with Crippen LogP contribution in [0.4, 0.5) is 4.79 Å². The van der Waals surface area contributed by atoms with Gasteiger partial charge in [0.05, 0.1) is 40.0 Å². The fourth-order valence-electron chi connectivity index (χ4n) is 9.13. The molecule has 7 atom stereocenters. The van der Waals surface area contributed by atoms with Crippen LogP contribution >= 0.6 is 0 Å². The van der Waals surface area contributed by atoms with Crippen LogP contribution in [0, 0.1) is 40.4 Å². The zero-order chi connectivity index (χ0) is 28.4. The van der Waals surface area contributed by atoms with E-state index >= 15 is 0 Å². The van der Waals surface area contributed by atoms with Gasteiger partial charge in [-0.1, -0.05) is 19.0 Å². The van der Waals surface area contributed by atoms with Crippen molar-refractivity contribution in [2.45, 2.75) is 78.6 Å². The summed E-state index contributed by atoms with van der Waals surface area (Å²) in [6.07, 6.45) is 9.40. The number of hydrogen-bond donors (Lipinski definition) is 2. The molecule has 0 aromatic heterocycles. The number of aliphatic hydroxyl groups is 1. The van der Waals surface area contributed by atoms with E-state index in [1.165, 1.54) is 37.0 Å². The predicted molar refractivity (Wildman–Crippen MR) is 154 cm³/mol. The fourth-order valence-corrected chi connectivity index (χ4v) is 9.13. The molecule has 0 aliphatic heterocycles. The molecule has 1 amide bonds. The van der Waals surface area contributed by atoms with Crippen LogP contribution in [0.1, 0.15) is 78.6 Å². The SMILES string of the molecule is C/C(=N\OC(=O)N(CCO)CCNCC[N+](C)(C)C)[C@H]1CC[C@H]2[C@@H]3CC[C@H]4CC(=O)CC[C@]4(C)[C@H]3CC[C@]12C. The maximum Gasteiger partial charge on any atom is 0.436 e. The fraction of sp³-hybridized carbons (Fsp3) is 0.903. The van der Waals surface area contributed by atoms with Crippen LogP contribution in [0.5, 0.6) is 0 Å². The quantitative estimate of drug-likeness (QED) is 0.140. The van der Waals surface area contributed by atoms with Gasteiger partial charge in [-0.3, -0.25) is 9.63 Å². The van der Waals surface area contributed by atoms with Crippen LogP contribution in [-0.4, -0.2) is 92.6 Å². The van der Waals surface area contributed by atoms with Gasteiger partial charge in [-0.25, -0.2) is 4.79 Å². The molecule has 8 nitrogen and oxygen atoms in total. The number of likely N-dealkylation sites (N-methyl/N-ethyl adjacent to an activating group) is 1. The van der Waals surface area contributed by atoms with E-state index in [4.69, 9.17) is 4.84 Å². The molecule has 0 aromatic carbocycles. The zero-order valence-corrected chi connectivity index (χ0v) is 25.5. The standard InChI is InChI=1S/C31H55N4O4/c1-22(33-39-29(38)34(18-20-36)17-15-32-16-19-35(4,5)6)26-9-10-27-25-8-7-23-21-24(37)11-13-30(23,2)28(25)12-14-31(26,27)3/h23,25-28,32,36H,7-21H2,1-6H3/q+1/b33-22+/t23-,25-,26+,27-,28-,30-,31+/m0/s1. The van der Waals surface area contributed by atoms with Crippen molar-refractivity contribution in [3.63, 3.8) is 0 Å². The Labute approximate surface area is 236 Å². The van der Waals surface area contributed by atoms with E-state index in [1.807, 2.05) is 6.92 Å². The highest BCUT2D eigenvalue weighted by Crippen LogP contribution is 2.67. The summed E-state index contributed by atoms with van der Waals surface area (Å²) in [4.78, 5) is 32.1. The van der Waals surface area contributed by atoms with E-state index in [-0.39, 0.29) is 18.6 Å². The number of aliphatic hydroxyl groups excluding tert-OH is 1. The third-order valence-corrected chi connectivity index (χ3v) is 11.4. The molecule has 4 rings (SSSR count). The number of hydrogen-bond acceptors (Lipinski definition) is 6. The lowest BCUT2D eigenvalue weighted by atomic mass is 9.44. The van der Waals surface area contributed by atoms with Crippen LogP contribution in [0.2, 0.25) is 0 Å². The van der Waals surface area contributed by atoms with Gasteiger partial charge in [0, 0.05) is 44.9 Å². The Morgan fingerprint density at radius 2 is 1.79 bits per heavy atom. The molecule has 0 unspecified atom stereocenters. The van der Waals surface area contributed by atoms with Gasteiger partial charge in [-0.05, 0) is 86.4 Å². The number of carbonyl (C=O) groups excluding carboxylic acids is 2. The largest absolute Gasteiger partial charge is 0.436 e. The first-order valence-corrected chi connectivity index (χ1v) is 15.5. The molecular formula is C31H55N4O4+. The maximum atomic E-state index is 12.8. The van der Waals surface area contributed by atoms with Crippen molar-refractivity contribution < 1.29 is 24.0 Å². The third-order valence-electron chi connectivity index (χ3n) is 11.4. The lowest BCUT2D eigenvalue weighted by Gasteiger charge is -2.60. The van der Waals surface area contributed by atoms with E-state index < -0.39 is 6.09 Å². The van der Waals surface area contributed by atoms with Gasteiger partial charge in [0.1, 0.15) is 5.78 Å². The second kappa shape index (κ2) is 12.2. The molecule has 4 aliphatic carbocycles. The highest BCUT2D eigenvalue weighted by molar-refractivity contribution is 5.85. The summed E-state index contributed by atoms with van der Waals surface area (Å²) >= 11 is 0. The Bertz CT molecular complexity index is 917. The molecule has 0 spiro atoms. The number of quaternary nitrogens is 1. The van der Waals surface area contributed by atoms with Crippen molar-refractivity contribution in [3.8, 4) is 0 Å². The molecule has 0 radical (unpaired) electrons. The average molecular weight is 548 g/mol. The number of amides is 1. The lowest BCUT2D eigenvalue weighted by Crippen LogP contribution is -2.53. The first-order chi connectivity index (χ1) is 18.4. The molecular weight excluding hydrogens is 492 g/mol. The number of rotatable bonds is 10. The highest BCUT2D eigenvalue weighted by Gasteiger charge is 2.60. The molecule has 4 fully saturated rings. The van der Waals surface area contributed by atoms with Crippen molar-refractivity contribution in [2.75, 3.05) is 60.5 Å². The van der Waals surface area contributed by atoms with Crippen LogP contribution in [-0.2, 0) is 9.63 Å². The molecule has 2 N–H and O–H groups in total. The number of carbonyl (C=O) groups is 2. The van der Waals surface area contributed by atoms with Gasteiger partial charge < -0.3 is 19.8 Å². The summed E-state index contributed by atoms with van der Waals surface area (Å²) in [6, 6.07) is 0. The van der Waals surface area contributed by atoms with E-state index in [2.05, 4.69) is 45.5 Å². The van der Waals surface area contributed by atoms with Crippen molar-refractivity contribution in [1.82, 2.24) is 10.2 Å². The molecule has 4 saturated carbocycles. The molecule has 0 bridgehead atoms. The van der Waals surface area contributed by atoms with Crippen molar-refractivity contribution in [2.24, 2.45) is 45.6 Å². The summed E-state index contributed by atoms with van der Waals surface area (Å²) in [5, 5.41) is 17.3. The van der Waals surface area contributed by atoms with Gasteiger partial charge in [0.2, 0.25) is 0 Å². The summed E-state index contributed by atoms with van der Waals surface area (Å²) in [5.74, 6) is 3.55. The number of oxime groups is 1. The van der Waals surface area contributed by atoms with E-state index in [0.29, 0.717) is 42.0 Å². The minimum absolute atomic E-state index is 0.102. The van der Waals surface area contributed by atoms with Crippen molar-refractivity contribution >= 4 is 17.6 Å². The van der Waals surface area contributed by atoms with Crippen LogP contribution in [0.25, 0.3) is 0 Å². The van der Waals surface area contributed by atoms with Gasteiger partial charge in [0.25, 0.3) is 0 Å². The summed E-state index contributed by atoms with van der Waals surface area (Å²) in [6.45, 7) is 10.1. The van der Waals surface area contributed by atoms with Gasteiger partial charge >= 0.3 is 6.09 Å². The van der Waals surface area contributed by atoms with Gasteiger partial charge in [-0.2, -0.15) is 0 Å². The summed E-state index contributed by atoms with van der Waals surface area (Å²) < 4.78 is 0.882. The molecule has 4 aliphatic rings. The highest BCUT2D eigenvalue weighted by atomic mass is 16.7. The molecule has 0 aromatic rings. The molecule has 0 saturated heterocycles. The number of fused-ring (bicyclic) bond motifs is 5. The van der Waals surface area contributed by atoms with Gasteiger partial charge in [0.15, 0.2) is 0 Å². The Balaban J connectivity index is 1.34. The Hall–Kier alpha value is -1.51. The molecule has 222 valence electrons. The van der Waals surface area contributed by atoms with Gasteiger partial charge in [-0.15, -0.1) is 0 Å². The normalized spacial score (nSPS) is 36.6. The minimum atomic E-state index is -0.488. The number of nitrogens with one attached hydrogen (secondary N) is 1. The van der Waals surface area contributed by atoms with E-state index in [1.54, 1.807) is 0 Å². The number of Topliss-reactive ketones (excluding diaryl/α,β-unsaturated/α-hetero) is 1. The van der Waals surface area contributed by atoms with E-state index in [0.717, 1.165) is 60.8 Å². The molecule has 0 heterocycles. The topological polar surface area (TPSA) is 91.2 Å². The van der Waals surface area contributed by atoms with Crippen LogP contribution in [0.3, 0.4) is 0 Å². The first kappa shape index (κ1) is 30.4. The predicted octanol–water partition coefficient (Wildman–Crippen LogP) is 4.32. The van der Waals surface area contributed by atoms with Crippen LogP contribution < -0.4 is 5.32 Å². The first-order valence-electron chi connectivity index (χ1n) is 15.5. The zero-order valence-electron chi connectivity index (χ0n) is 25.5. The molecule has 39 heavy (non-hydrogen) atoms. The summed E-state index contributed by atoms with van der Waals surface area (Å²) in [5.41, 5.74) is 1.45. The monoisotopic (exact) mass is 547 g/mol. The average Bonchev–Trinajstić information content (AvgIpc) is 3.23. The Morgan fingerprint density at radius 3 is 2.51 bits per heavy atom. The Kier molecular flexibility index (Phi) is 9.49. The lowest BCUT2D eigenvalue weighted by molar-refractivity contribution is -0.869. The van der Waals surface area contributed by atoms with Crippen molar-refractivity contribution in [1.29, 1.82) is 0 Å². The number of nitrogens with zero attached hydrogens (tertiary/aromatic N) is 3. The summed E-state index contributed by atoms with van der Waals surface area (Å²) in [7, 11) is 6.46. The van der Waals surface area contributed by atoms with E-state index in [9.17, 15) is 14.7 Å². The second-order valence-corrected chi connectivity index (χ2v) is 14.6. The minimum Gasteiger partial charge on any atom is -0.395 e. The van der Waals surface area contributed by atoms with Crippen molar-refractivity contribution in [3.05, 3.63) is 0 Å². The smallest absolute Gasteiger partial charge is 0.395 e. The maximum absolute atomic E-state index is 12.8. The number of ketones is 1. The Morgan fingerprint density at radius 1 is 1.05 bits per heavy atom. The van der Waals surface area contributed by atoms with Crippen LogP contribution in [0.15, 0.2) is 5.16 Å². The third kappa shape index (κ3) is 6.54. The second-order valence-electron chi connectivity index (χ2n) is 14.6.